The molecule has 1 saturated carbocycles. The second-order valence-electron chi connectivity index (χ2n) is 6.37. The molecule has 2 aromatic heterocycles. The average molecular weight is 277 g/mol. The number of halogens is 2. The lowest BCUT2D eigenvalue weighted by Crippen LogP contribution is -2.62. The number of hydrogen-bond acceptors (Lipinski definition) is 2. The number of pyridine rings is 1. The predicted octanol–water partition coefficient (Wildman–Crippen LogP) is 2.66. The van der Waals surface area contributed by atoms with Crippen LogP contribution in [0.5, 0.6) is 0 Å². The third-order valence-corrected chi connectivity index (χ3v) is 4.93. The summed E-state index contributed by atoms with van der Waals surface area (Å²) in [4.78, 5) is 4.20. The van der Waals surface area contributed by atoms with Gasteiger partial charge in [0.2, 0.25) is 0 Å². The van der Waals surface area contributed by atoms with Gasteiger partial charge in [0, 0.05) is 37.6 Å². The Kier molecular flexibility index (Phi) is 2.32. The van der Waals surface area contributed by atoms with Gasteiger partial charge < -0.3 is 9.88 Å². The van der Waals surface area contributed by atoms with E-state index in [2.05, 4.69) is 10.3 Å². The molecule has 1 saturated heterocycles. The van der Waals surface area contributed by atoms with E-state index in [9.17, 15) is 8.78 Å². The number of hydrogen-bond donors (Lipinski definition) is 1. The highest BCUT2D eigenvalue weighted by atomic mass is 19.3. The van der Waals surface area contributed by atoms with Crippen LogP contribution in [0.25, 0.3) is 11.0 Å². The Balaban J connectivity index is 1.65. The van der Waals surface area contributed by atoms with E-state index >= 15 is 0 Å². The van der Waals surface area contributed by atoms with Crippen LogP contribution < -0.4 is 5.32 Å². The topological polar surface area (TPSA) is 29.9 Å². The molecule has 20 heavy (non-hydrogen) atoms. The van der Waals surface area contributed by atoms with Crippen molar-refractivity contribution in [2.24, 2.45) is 18.4 Å². The fourth-order valence-corrected chi connectivity index (χ4v) is 3.54. The summed E-state index contributed by atoms with van der Waals surface area (Å²) in [7, 11) is 1.83. The lowest BCUT2D eigenvalue weighted by atomic mass is 9.56. The zero-order valence-electron chi connectivity index (χ0n) is 11.4. The van der Waals surface area contributed by atoms with Crippen LogP contribution >= 0.6 is 0 Å². The largest absolute Gasteiger partial charge is 0.336 e. The summed E-state index contributed by atoms with van der Waals surface area (Å²) in [5.41, 5.74) is 0.698. The van der Waals surface area contributed by atoms with Crippen molar-refractivity contribution in [1.82, 2.24) is 14.9 Å². The summed E-state index contributed by atoms with van der Waals surface area (Å²) in [5, 5.41) is 4.08. The number of aryl methyl sites for hydroxylation is 1. The van der Waals surface area contributed by atoms with Crippen molar-refractivity contribution < 1.29 is 8.78 Å². The second-order valence-corrected chi connectivity index (χ2v) is 6.37. The molecule has 2 fully saturated rings. The summed E-state index contributed by atoms with van der Waals surface area (Å²) in [5.74, 6) is -3.38. The third kappa shape index (κ3) is 1.56. The molecule has 3 heterocycles. The van der Waals surface area contributed by atoms with Gasteiger partial charge in [-0.15, -0.1) is 0 Å². The Morgan fingerprint density at radius 2 is 2.05 bits per heavy atom. The Bertz CT molecular complexity index is 665. The summed E-state index contributed by atoms with van der Waals surface area (Å²) >= 11 is 0. The summed E-state index contributed by atoms with van der Waals surface area (Å²) in [6, 6.07) is 5.11. The number of rotatable bonds is 2. The van der Waals surface area contributed by atoms with Crippen LogP contribution in [-0.4, -0.2) is 22.6 Å². The summed E-state index contributed by atoms with van der Waals surface area (Å²) in [6.07, 6.45) is 3.07. The van der Waals surface area contributed by atoms with E-state index in [0.29, 0.717) is 18.5 Å². The first-order valence-electron chi connectivity index (χ1n) is 7.01. The first-order valence-corrected chi connectivity index (χ1v) is 7.01. The van der Waals surface area contributed by atoms with Gasteiger partial charge >= 0.3 is 0 Å². The summed E-state index contributed by atoms with van der Waals surface area (Å²) in [6.45, 7) is 1.79. The summed E-state index contributed by atoms with van der Waals surface area (Å²) < 4.78 is 30.9. The second kappa shape index (κ2) is 3.79. The molecule has 0 atom stereocenters. The zero-order chi connectivity index (χ0) is 14.0. The molecule has 106 valence electrons. The van der Waals surface area contributed by atoms with Crippen LogP contribution in [0.2, 0.25) is 0 Å². The van der Waals surface area contributed by atoms with Gasteiger partial charge in [-0.1, -0.05) is 0 Å². The van der Waals surface area contributed by atoms with Gasteiger partial charge in [-0.25, -0.2) is 4.98 Å². The quantitative estimate of drug-likeness (QED) is 0.914. The van der Waals surface area contributed by atoms with Crippen LogP contribution in [0.4, 0.5) is 8.78 Å². The maximum absolute atomic E-state index is 14.6. The first kappa shape index (κ1) is 12.3. The molecule has 0 radical (unpaired) electrons. The van der Waals surface area contributed by atoms with Crippen LogP contribution in [-0.2, 0) is 13.0 Å². The molecule has 2 aromatic rings. The SMILES string of the molecule is Cn1ccc2ccc(C(F)(F)C3CC4(CNC4)C3)nc21. The minimum Gasteiger partial charge on any atom is -0.336 e. The van der Waals surface area contributed by atoms with Gasteiger partial charge in [0.1, 0.15) is 11.3 Å². The molecule has 4 rings (SSSR count). The highest BCUT2D eigenvalue weighted by Crippen LogP contribution is 2.56. The number of alkyl halides is 2. The van der Waals surface area contributed by atoms with E-state index in [1.54, 1.807) is 10.6 Å². The number of aromatic nitrogens is 2. The van der Waals surface area contributed by atoms with E-state index < -0.39 is 11.8 Å². The third-order valence-electron chi connectivity index (χ3n) is 4.93. The monoisotopic (exact) mass is 277 g/mol. The van der Waals surface area contributed by atoms with Gasteiger partial charge in [0.15, 0.2) is 0 Å². The van der Waals surface area contributed by atoms with Gasteiger partial charge in [-0.2, -0.15) is 8.78 Å². The van der Waals surface area contributed by atoms with E-state index in [1.807, 2.05) is 19.3 Å². The Labute approximate surface area is 116 Å². The lowest BCUT2D eigenvalue weighted by Gasteiger charge is -2.55. The van der Waals surface area contributed by atoms with Crippen LogP contribution in [0.3, 0.4) is 0 Å². The predicted molar refractivity (Wildman–Crippen MR) is 72.6 cm³/mol. The molecule has 5 heteroatoms. The van der Waals surface area contributed by atoms with Crippen molar-refractivity contribution in [3.05, 3.63) is 30.1 Å². The fourth-order valence-electron chi connectivity index (χ4n) is 3.54. The van der Waals surface area contributed by atoms with Crippen LogP contribution in [0, 0.1) is 11.3 Å². The molecule has 3 nitrogen and oxygen atoms in total. The molecule has 1 spiro atoms. The van der Waals surface area contributed by atoms with E-state index in [0.717, 1.165) is 18.5 Å². The number of nitrogens with one attached hydrogen (secondary N) is 1. The Morgan fingerprint density at radius 1 is 1.30 bits per heavy atom. The molecule has 0 bridgehead atoms. The average Bonchev–Trinajstić information content (AvgIpc) is 2.67. The maximum Gasteiger partial charge on any atom is 0.292 e. The molecule has 0 aromatic carbocycles. The van der Waals surface area contributed by atoms with Gasteiger partial charge in [0.25, 0.3) is 5.92 Å². The Morgan fingerprint density at radius 3 is 2.70 bits per heavy atom. The van der Waals surface area contributed by atoms with E-state index in [1.165, 1.54) is 6.07 Å². The molecule has 1 aliphatic heterocycles. The fraction of sp³-hybridized carbons (Fsp3) is 0.533. The molecular weight excluding hydrogens is 260 g/mol. The van der Waals surface area contributed by atoms with Crippen LogP contribution in [0.1, 0.15) is 18.5 Å². The molecule has 0 unspecified atom stereocenters. The van der Waals surface area contributed by atoms with E-state index in [4.69, 9.17) is 0 Å². The number of nitrogens with zero attached hydrogens (tertiary/aromatic N) is 2. The molecular formula is C15H17F2N3. The Hall–Kier alpha value is -1.49. The van der Waals surface area contributed by atoms with Crippen molar-refractivity contribution in [1.29, 1.82) is 0 Å². The van der Waals surface area contributed by atoms with Gasteiger partial charge in [-0.05, 0) is 36.5 Å². The normalized spacial score (nSPS) is 21.9. The smallest absolute Gasteiger partial charge is 0.292 e. The first-order chi connectivity index (χ1) is 9.50. The minimum absolute atomic E-state index is 0.0843. The highest BCUT2D eigenvalue weighted by Gasteiger charge is 2.58. The van der Waals surface area contributed by atoms with Crippen LogP contribution in [0.15, 0.2) is 24.4 Å². The minimum atomic E-state index is -2.82. The van der Waals surface area contributed by atoms with Gasteiger partial charge in [-0.3, -0.25) is 0 Å². The maximum atomic E-state index is 14.6. The molecule has 0 amide bonds. The zero-order valence-corrected chi connectivity index (χ0v) is 11.4. The van der Waals surface area contributed by atoms with Crippen molar-refractivity contribution >= 4 is 11.0 Å². The lowest BCUT2D eigenvalue weighted by molar-refractivity contribution is -0.158. The molecule has 1 aliphatic carbocycles. The van der Waals surface area contributed by atoms with Crippen molar-refractivity contribution in [3.63, 3.8) is 0 Å². The highest BCUT2D eigenvalue weighted by molar-refractivity contribution is 5.76. The van der Waals surface area contributed by atoms with Crippen molar-refractivity contribution in [2.75, 3.05) is 13.1 Å². The number of fused-ring (bicyclic) bond motifs is 1. The van der Waals surface area contributed by atoms with Crippen molar-refractivity contribution in [2.45, 2.75) is 18.8 Å². The molecule has 1 N–H and O–H groups in total. The molecule has 2 aliphatic rings. The van der Waals surface area contributed by atoms with E-state index in [-0.39, 0.29) is 11.1 Å². The van der Waals surface area contributed by atoms with Crippen molar-refractivity contribution in [3.8, 4) is 0 Å². The van der Waals surface area contributed by atoms with Gasteiger partial charge in [0.05, 0.1) is 0 Å². The standard InChI is InChI=1S/C15H17F2N3/c1-20-5-4-10-2-3-12(19-13(10)20)15(16,17)11-6-14(7-11)8-18-9-14/h2-5,11,18H,6-9H2,1H3.